The van der Waals surface area contributed by atoms with E-state index in [1.807, 2.05) is 18.2 Å². The zero-order valence-corrected chi connectivity index (χ0v) is 12.5. The van der Waals surface area contributed by atoms with Crippen LogP contribution in [0, 0.1) is 17.5 Å². The van der Waals surface area contributed by atoms with Gasteiger partial charge in [-0.3, -0.25) is 0 Å². The third-order valence-electron chi connectivity index (χ3n) is 3.81. The maximum Gasteiger partial charge on any atom is 0.196 e. The molecule has 116 valence electrons. The van der Waals surface area contributed by atoms with E-state index in [1.165, 1.54) is 6.07 Å². The van der Waals surface area contributed by atoms with Gasteiger partial charge in [-0.2, -0.15) is 0 Å². The number of rotatable bonds is 2. The van der Waals surface area contributed by atoms with E-state index >= 15 is 0 Å². The van der Waals surface area contributed by atoms with E-state index in [0.717, 1.165) is 11.8 Å². The van der Waals surface area contributed by atoms with Gasteiger partial charge < -0.3 is 9.80 Å². The quantitative estimate of drug-likeness (QED) is 0.767. The topological polar surface area (TPSA) is 6.48 Å². The summed E-state index contributed by atoms with van der Waals surface area (Å²) in [5.74, 6) is -3.72. The summed E-state index contributed by atoms with van der Waals surface area (Å²) in [7, 11) is 0. The third kappa shape index (κ3) is 2.86. The lowest BCUT2D eigenvalue weighted by molar-refractivity contribution is 0.445. The summed E-state index contributed by atoms with van der Waals surface area (Å²) in [5.41, 5.74) is 1.10. The lowest BCUT2D eigenvalue weighted by atomic mass is 10.2. The van der Waals surface area contributed by atoms with E-state index in [-0.39, 0.29) is 5.69 Å². The van der Waals surface area contributed by atoms with Gasteiger partial charge in [0.2, 0.25) is 0 Å². The number of anilines is 2. The second-order valence-electron chi connectivity index (χ2n) is 5.15. The maximum atomic E-state index is 13.8. The fourth-order valence-electron chi connectivity index (χ4n) is 2.64. The highest BCUT2D eigenvalue weighted by atomic mass is 35.5. The van der Waals surface area contributed by atoms with Gasteiger partial charge in [0.15, 0.2) is 17.5 Å². The number of halogens is 4. The van der Waals surface area contributed by atoms with Gasteiger partial charge in [0.25, 0.3) is 0 Å². The maximum absolute atomic E-state index is 13.8. The van der Waals surface area contributed by atoms with Crippen molar-refractivity contribution < 1.29 is 13.2 Å². The van der Waals surface area contributed by atoms with Crippen LogP contribution in [-0.4, -0.2) is 26.2 Å². The number of piperazine rings is 1. The Hall–Kier alpha value is -1.88. The number of hydrogen-bond donors (Lipinski definition) is 0. The molecule has 0 radical (unpaired) electrons. The molecule has 22 heavy (non-hydrogen) atoms. The average molecular weight is 327 g/mol. The molecule has 0 spiro atoms. The first-order valence-electron chi connectivity index (χ1n) is 6.95. The highest BCUT2D eigenvalue weighted by Crippen LogP contribution is 2.26. The van der Waals surface area contributed by atoms with Gasteiger partial charge >= 0.3 is 0 Å². The summed E-state index contributed by atoms with van der Waals surface area (Å²) in [6.45, 7) is 2.35. The molecule has 1 heterocycles. The molecule has 1 aliphatic rings. The van der Waals surface area contributed by atoms with Crippen molar-refractivity contribution in [2.24, 2.45) is 0 Å². The Balaban J connectivity index is 1.73. The smallest absolute Gasteiger partial charge is 0.196 e. The minimum absolute atomic E-state index is 0.102. The monoisotopic (exact) mass is 326 g/mol. The fourth-order valence-corrected chi connectivity index (χ4v) is 2.82. The molecule has 0 unspecified atom stereocenters. The van der Waals surface area contributed by atoms with Crippen LogP contribution in [0.2, 0.25) is 5.02 Å². The largest absolute Gasteiger partial charge is 0.368 e. The van der Waals surface area contributed by atoms with Crippen LogP contribution >= 0.6 is 11.6 Å². The Bertz CT molecular complexity index is 685. The molecule has 3 rings (SSSR count). The van der Waals surface area contributed by atoms with Crippen LogP contribution in [0.4, 0.5) is 24.5 Å². The highest BCUT2D eigenvalue weighted by molar-refractivity contribution is 6.30. The lowest BCUT2D eigenvalue weighted by Gasteiger charge is -2.37. The minimum atomic E-state index is -1.42. The molecule has 0 N–H and O–H groups in total. The molecule has 1 fully saturated rings. The van der Waals surface area contributed by atoms with E-state index in [2.05, 4.69) is 4.90 Å². The summed E-state index contributed by atoms with van der Waals surface area (Å²) < 4.78 is 40.2. The normalized spacial score (nSPS) is 15.3. The summed E-state index contributed by atoms with van der Waals surface area (Å²) in [5, 5.41) is 0.659. The van der Waals surface area contributed by atoms with Crippen LogP contribution in [-0.2, 0) is 0 Å². The lowest BCUT2D eigenvalue weighted by Crippen LogP contribution is -2.46. The Morgan fingerprint density at radius 3 is 2.18 bits per heavy atom. The molecule has 1 aliphatic heterocycles. The van der Waals surface area contributed by atoms with Gasteiger partial charge in [-0.25, -0.2) is 13.2 Å². The Morgan fingerprint density at radius 2 is 1.50 bits per heavy atom. The zero-order chi connectivity index (χ0) is 15.7. The number of hydrogen-bond acceptors (Lipinski definition) is 2. The molecule has 0 bridgehead atoms. The van der Waals surface area contributed by atoms with Gasteiger partial charge in [-0.15, -0.1) is 0 Å². The van der Waals surface area contributed by atoms with Crippen LogP contribution in [0.3, 0.4) is 0 Å². The van der Waals surface area contributed by atoms with Crippen molar-refractivity contribution in [3.63, 3.8) is 0 Å². The van der Waals surface area contributed by atoms with Gasteiger partial charge in [0.05, 0.1) is 5.69 Å². The predicted octanol–water partition coefficient (Wildman–Crippen LogP) is 4.08. The van der Waals surface area contributed by atoms with Crippen molar-refractivity contribution in [2.45, 2.75) is 0 Å². The van der Waals surface area contributed by atoms with Crippen molar-refractivity contribution in [1.29, 1.82) is 0 Å². The molecule has 0 aliphatic carbocycles. The Kier molecular flexibility index (Phi) is 4.16. The summed E-state index contributed by atoms with van der Waals surface area (Å²) >= 11 is 5.98. The van der Waals surface area contributed by atoms with E-state index < -0.39 is 17.5 Å². The van der Waals surface area contributed by atoms with Crippen molar-refractivity contribution in [3.8, 4) is 0 Å². The highest BCUT2D eigenvalue weighted by Gasteiger charge is 2.22. The van der Waals surface area contributed by atoms with Crippen LogP contribution in [0.25, 0.3) is 0 Å². The zero-order valence-electron chi connectivity index (χ0n) is 11.7. The molecule has 0 saturated carbocycles. The molecule has 0 aromatic heterocycles. The van der Waals surface area contributed by atoms with Crippen molar-refractivity contribution in [2.75, 3.05) is 36.0 Å². The van der Waals surface area contributed by atoms with E-state index in [4.69, 9.17) is 11.6 Å². The summed E-state index contributed by atoms with van der Waals surface area (Å²) in [6.07, 6.45) is 0. The van der Waals surface area contributed by atoms with E-state index in [0.29, 0.717) is 31.2 Å². The van der Waals surface area contributed by atoms with Crippen molar-refractivity contribution >= 4 is 23.0 Å². The summed E-state index contributed by atoms with van der Waals surface area (Å²) in [6, 6.07) is 9.74. The van der Waals surface area contributed by atoms with Gasteiger partial charge in [0.1, 0.15) is 0 Å². The van der Waals surface area contributed by atoms with Crippen molar-refractivity contribution in [1.82, 2.24) is 0 Å². The van der Waals surface area contributed by atoms with Gasteiger partial charge in [0, 0.05) is 36.9 Å². The molecule has 0 atom stereocenters. The second-order valence-corrected chi connectivity index (χ2v) is 5.58. The fraction of sp³-hybridized carbons (Fsp3) is 0.250. The first-order valence-corrected chi connectivity index (χ1v) is 7.33. The molecular weight excluding hydrogens is 313 g/mol. The van der Waals surface area contributed by atoms with Crippen LogP contribution < -0.4 is 9.80 Å². The Labute approximate surface area is 131 Å². The van der Waals surface area contributed by atoms with Gasteiger partial charge in [-0.1, -0.05) is 17.7 Å². The van der Waals surface area contributed by atoms with Crippen LogP contribution in [0.1, 0.15) is 0 Å². The van der Waals surface area contributed by atoms with Crippen LogP contribution in [0.5, 0.6) is 0 Å². The SMILES string of the molecule is Fc1ccc(N2CCN(c3cccc(Cl)c3)CC2)c(F)c1F. The molecular formula is C16H14ClF3N2. The first-order chi connectivity index (χ1) is 10.6. The standard InChI is InChI=1S/C16H14ClF3N2/c17-11-2-1-3-12(10-11)21-6-8-22(9-7-21)14-5-4-13(18)15(19)16(14)20/h1-5,10H,6-9H2. The molecule has 0 amide bonds. The molecule has 2 aromatic carbocycles. The predicted molar refractivity (Wildman–Crippen MR) is 82.2 cm³/mol. The van der Waals surface area contributed by atoms with E-state index in [1.54, 1.807) is 11.0 Å². The second kappa shape index (κ2) is 6.08. The average Bonchev–Trinajstić information content (AvgIpc) is 2.53. The molecule has 1 saturated heterocycles. The van der Waals surface area contributed by atoms with Gasteiger partial charge in [-0.05, 0) is 30.3 Å². The molecule has 6 heteroatoms. The van der Waals surface area contributed by atoms with Crippen LogP contribution in [0.15, 0.2) is 36.4 Å². The summed E-state index contributed by atoms with van der Waals surface area (Å²) in [4.78, 5) is 3.85. The Morgan fingerprint density at radius 1 is 0.818 bits per heavy atom. The van der Waals surface area contributed by atoms with Crippen molar-refractivity contribution in [3.05, 3.63) is 58.9 Å². The number of nitrogens with zero attached hydrogens (tertiary/aromatic N) is 2. The number of benzene rings is 2. The van der Waals surface area contributed by atoms with E-state index in [9.17, 15) is 13.2 Å². The first kappa shape index (κ1) is 15.0. The molecule has 2 aromatic rings. The molecule has 2 nitrogen and oxygen atoms in total. The third-order valence-corrected chi connectivity index (χ3v) is 4.04. The minimum Gasteiger partial charge on any atom is -0.368 e.